The molecule has 0 rings (SSSR count). The highest BCUT2D eigenvalue weighted by atomic mass is 16.3. The third-order valence-corrected chi connectivity index (χ3v) is 4.40. The number of hydrogen-bond donors (Lipinski definition) is 2. The average molecular weight is 340 g/mol. The Kier molecular flexibility index (Phi) is 19.5. The molecule has 3 nitrogen and oxygen atoms in total. The van der Waals surface area contributed by atoms with Crippen molar-refractivity contribution in [1.82, 2.24) is 5.32 Å². The molecular weight excluding hydrogens is 298 g/mol. The van der Waals surface area contributed by atoms with Crippen LogP contribution in [0.15, 0.2) is 12.2 Å². The molecule has 0 radical (unpaired) electrons. The molecule has 0 bridgehead atoms. The minimum absolute atomic E-state index is 0.264. The first kappa shape index (κ1) is 23.2. The molecule has 0 aliphatic heterocycles. The minimum atomic E-state index is -0.395. The molecule has 0 unspecified atom stereocenters. The molecule has 0 spiro atoms. The molecule has 24 heavy (non-hydrogen) atoms. The number of amides is 1. The monoisotopic (exact) mass is 339 g/mol. The van der Waals surface area contributed by atoms with Gasteiger partial charge in [0.25, 0.3) is 0 Å². The maximum atomic E-state index is 10.8. The molecule has 0 aliphatic rings. The van der Waals surface area contributed by atoms with Crippen molar-refractivity contribution in [2.75, 3.05) is 13.2 Å². The average Bonchev–Trinajstić information content (AvgIpc) is 2.60. The van der Waals surface area contributed by atoms with E-state index in [9.17, 15) is 4.79 Å². The number of aliphatic hydroxyl groups excluding tert-OH is 1. The van der Waals surface area contributed by atoms with Gasteiger partial charge >= 0.3 is 0 Å². The van der Waals surface area contributed by atoms with Crippen molar-refractivity contribution in [2.45, 2.75) is 103 Å². The van der Waals surface area contributed by atoms with E-state index in [0.29, 0.717) is 6.54 Å². The zero-order valence-electron chi connectivity index (χ0n) is 16.0. The Hall–Kier alpha value is -0.830. The second kappa shape index (κ2) is 20.2. The summed E-state index contributed by atoms with van der Waals surface area (Å²) in [4.78, 5) is 10.8. The number of hydrogen-bond acceptors (Lipinski definition) is 2. The van der Waals surface area contributed by atoms with E-state index in [1.807, 2.05) is 0 Å². The predicted molar refractivity (Wildman–Crippen MR) is 104 cm³/mol. The number of rotatable bonds is 18. The van der Waals surface area contributed by atoms with Crippen molar-refractivity contribution >= 4 is 5.91 Å². The Balaban J connectivity index is 3.09. The van der Waals surface area contributed by atoms with Crippen molar-refractivity contribution in [3.05, 3.63) is 12.2 Å². The fourth-order valence-corrected chi connectivity index (χ4v) is 2.83. The summed E-state index contributed by atoms with van der Waals surface area (Å²) in [7, 11) is 0. The first-order valence-corrected chi connectivity index (χ1v) is 10.3. The molecule has 2 N–H and O–H groups in total. The molecule has 0 aromatic rings. The zero-order valence-corrected chi connectivity index (χ0v) is 16.0. The molecule has 0 aromatic carbocycles. The molecular formula is C21H41NO2. The summed E-state index contributed by atoms with van der Waals surface area (Å²) in [5, 5.41) is 11.2. The molecule has 0 aromatic heterocycles. The van der Waals surface area contributed by atoms with E-state index in [-0.39, 0.29) is 5.91 Å². The molecule has 0 heterocycles. The SMILES string of the molecule is CCCCCCCC/C=C\CCCCCCCCCNC(=O)CO. The Bertz CT molecular complexity index is 290. The minimum Gasteiger partial charge on any atom is -0.387 e. The summed E-state index contributed by atoms with van der Waals surface area (Å²) in [5.41, 5.74) is 0. The zero-order chi connectivity index (χ0) is 17.7. The van der Waals surface area contributed by atoms with Gasteiger partial charge in [-0.15, -0.1) is 0 Å². The van der Waals surface area contributed by atoms with Gasteiger partial charge in [-0.3, -0.25) is 4.79 Å². The van der Waals surface area contributed by atoms with Gasteiger partial charge in [0, 0.05) is 6.54 Å². The summed E-state index contributed by atoms with van der Waals surface area (Å²) in [6.07, 6.45) is 24.3. The van der Waals surface area contributed by atoms with Gasteiger partial charge in [0.2, 0.25) is 5.91 Å². The maximum absolute atomic E-state index is 10.8. The molecule has 1 amide bonds. The Morgan fingerprint density at radius 3 is 1.71 bits per heavy atom. The van der Waals surface area contributed by atoms with Gasteiger partial charge in [-0.05, 0) is 32.1 Å². The Labute approximate surface area is 150 Å². The highest BCUT2D eigenvalue weighted by Crippen LogP contribution is 2.10. The smallest absolute Gasteiger partial charge is 0.245 e. The van der Waals surface area contributed by atoms with Crippen molar-refractivity contribution in [2.24, 2.45) is 0 Å². The molecule has 0 saturated heterocycles. The second-order valence-corrected chi connectivity index (χ2v) is 6.80. The highest BCUT2D eigenvalue weighted by Gasteiger charge is 1.96. The molecule has 0 saturated carbocycles. The van der Waals surface area contributed by atoms with Crippen LogP contribution in [-0.2, 0) is 4.79 Å². The number of nitrogens with one attached hydrogen (secondary N) is 1. The fraction of sp³-hybridized carbons (Fsp3) is 0.857. The number of allylic oxidation sites excluding steroid dienone is 2. The third kappa shape index (κ3) is 19.2. The van der Waals surface area contributed by atoms with Crippen molar-refractivity contribution < 1.29 is 9.90 Å². The number of unbranched alkanes of at least 4 members (excludes halogenated alkanes) is 13. The van der Waals surface area contributed by atoms with Gasteiger partial charge in [-0.1, -0.05) is 83.3 Å². The van der Waals surface area contributed by atoms with Crippen molar-refractivity contribution in [3.8, 4) is 0 Å². The number of aliphatic hydroxyl groups is 1. The Morgan fingerprint density at radius 2 is 1.21 bits per heavy atom. The van der Waals surface area contributed by atoms with Crippen LogP contribution in [0.25, 0.3) is 0 Å². The topological polar surface area (TPSA) is 49.3 Å². The third-order valence-electron chi connectivity index (χ3n) is 4.40. The van der Waals surface area contributed by atoms with E-state index in [1.54, 1.807) is 0 Å². The van der Waals surface area contributed by atoms with Crippen molar-refractivity contribution in [1.29, 1.82) is 0 Å². The van der Waals surface area contributed by atoms with Crippen LogP contribution in [0, 0.1) is 0 Å². The maximum Gasteiger partial charge on any atom is 0.245 e. The number of carbonyl (C=O) groups excluding carboxylic acids is 1. The summed E-state index contributed by atoms with van der Waals surface area (Å²) in [5.74, 6) is -0.264. The van der Waals surface area contributed by atoms with Gasteiger partial charge in [-0.25, -0.2) is 0 Å². The van der Waals surface area contributed by atoms with Gasteiger partial charge in [0.1, 0.15) is 6.61 Å². The summed E-state index contributed by atoms with van der Waals surface area (Å²) in [6, 6.07) is 0. The van der Waals surface area contributed by atoms with E-state index < -0.39 is 6.61 Å². The van der Waals surface area contributed by atoms with Crippen LogP contribution in [0.4, 0.5) is 0 Å². The van der Waals surface area contributed by atoms with Crippen LogP contribution in [0.3, 0.4) is 0 Å². The largest absolute Gasteiger partial charge is 0.387 e. The lowest BCUT2D eigenvalue weighted by Crippen LogP contribution is -2.26. The highest BCUT2D eigenvalue weighted by molar-refractivity contribution is 5.76. The Morgan fingerprint density at radius 1 is 0.750 bits per heavy atom. The molecule has 0 aliphatic carbocycles. The van der Waals surface area contributed by atoms with Crippen LogP contribution in [-0.4, -0.2) is 24.2 Å². The lowest BCUT2D eigenvalue weighted by Gasteiger charge is -2.03. The van der Waals surface area contributed by atoms with Gasteiger partial charge < -0.3 is 10.4 Å². The molecule has 3 heteroatoms. The van der Waals surface area contributed by atoms with Gasteiger partial charge in [-0.2, -0.15) is 0 Å². The first-order valence-electron chi connectivity index (χ1n) is 10.3. The molecule has 0 atom stereocenters. The van der Waals surface area contributed by atoms with Crippen molar-refractivity contribution in [3.63, 3.8) is 0 Å². The molecule has 142 valence electrons. The predicted octanol–water partition coefficient (Wildman–Crippen LogP) is 5.52. The summed E-state index contributed by atoms with van der Waals surface area (Å²) < 4.78 is 0. The number of carbonyl (C=O) groups is 1. The molecule has 0 fully saturated rings. The summed E-state index contributed by atoms with van der Waals surface area (Å²) >= 11 is 0. The van der Waals surface area contributed by atoms with Crippen LogP contribution in [0.5, 0.6) is 0 Å². The quantitative estimate of drug-likeness (QED) is 0.255. The fourth-order valence-electron chi connectivity index (χ4n) is 2.83. The lowest BCUT2D eigenvalue weighted by atomic mass is 10.1. The van der Waals surface area contributed by atoms with Crippen LogP contribution < -0.4 is 5.32 Å². The normalized spacial score (nSPS) is 11.2. The van der Waals surface area contributed by atoms with Gasteiger partial charge in [0.05, 0.1) is 0 Å². The van der Waals surface area contributed by atoms with Crippen LogP contribution in [0.2, 0.25) is 0 Å². The van der Waals surface area contributed by atoms with Crippen LogP contribution in [0.1, 0.15) is 103 Å². The first-order chi connectivity index (χ1) is 11.8. The summed E-state index contributed by atoms with van der Waals surface area (Å²) in [6.45, 7) is 2.57. The van der Waals surface area contributed by atoms with E-state index in [4.69, 9.17) is 5.11 Å². The van der Waals surface area contributed by atoms with E-state index in [2.05, 4.69) is 24.4 Å². The van der Waals surface area contributed by atoms with E-state index in [1.165, 1.54) is 89.9 Å². The van der Waals surface area contributed by atoms with Crippen LogP contribution >= 0.6 is 0 Å². The lowest BCUT2D eigenvalue weighted by molar-refractivity contribution is -0.123. The standard InChI is InChI=1S/C21H41NO2/c1-2-3-4-5-6-7-8-9-10-11-12-13-14-15-16-17-18-19-22-21(24)20-23/h9-10,23H,2-8,11-20H2,1H3,(H,22,24)/b10-9-. The van der Waals surface area contributed by atoms with E-state index >= 15 is 0 Å². The van der Waals surface area contributed by atoms with Gasteiger partial charge in [0.15, 0.2) is 0 Å². The second-order valence-electron chi connectivity index (χ2n) is 6.80. The van der Waals surface area contributed by atoms with E-state index in [0.717, 1.165) is 6.42 Å².